The van der Waals surface area contributed by atoms with Gasteiger partial charge in [-0.15, -0.1) is 11.8 Å². The Kier molecular flexibility index (Phi) is 4.32. The molecule has 8 heteroatoms. The molecule has 0 aromatic heterocycles. The minimum Gasteiger partial charge on any atom is -0.480 e. The van der Waals surface area contributed by atoms with E-state index < -0.39 is 22.0 Å². The van der Waals surface area contributed by atoms with Crippen molar-refractivity contribution in [3.8, 4) is 6.07 Å². The van der Waals surface area contributed by atoms with Crippen LogP contribution in [-0.4, -0.2) is 41.5 Å². The van der Waals surface area contributed by atoms with E-state index in [9.17, 15) is 13.2 Å². The second kappa shape index (κ2) is 5.83. The van der Waals surface area contributed by atoms with E-state index in [0.717, 1.165) is 9.87 Å². The molecule has 0 saturated carbocycles. The minimum absolute atomic E-state index is 0.0490. The number of thioether (sulfide) groups is 1. The molecule has 2 rings (SSSR count). The van der Waals surface area contributed by atoms with Gasteiger partial charge in [-0.25, -0.2) is 8.42 Å². The molecule has 1 heterocycles. The Labute approximate surface area is 121 Å². The van der Waals surface area contributed by atoms with E-state index in [1.54, 1.807) is 12.1 Å². The number of aliphatic carboxylic acids is 1. The normalized spacial score (nSPS) is 19.6. The van der Waals surface area contributed by atoms with Crippen molar-refractivity contribution in [2.75, 3.05) is 11.6 Å². The summed E-state index contributed by atoms with van der Waals surface area (Å²) >= 11 is 1.27. The van der Waals surface area contributed by atoms with E-state index in [4.69, 9.17) is 10.4 Å². The topological polar surface area (TPSA) is 98.5 Å². The highest BCUT2D eigenvalue weighted by atomic mass is 32.2. The van der Waals surface area contributed by atoms with E-state index in [1.165, 1.54) is 23.9 Å². The number of sulfonamides is 1. The lowest BCUT2D eigenvalue weighted by Gasteiger charge is -2.20. The lowest BCUT2D eigenvalue weighted by atomic mass is 10.2. The van der Waals surface area contributed by atoms with Crippen LogP contribution in [0.1, 0.15) is 5.56 Å². The highest BCUT2D eigenvalue weighted by Crippen LogP contribution is 2.28. The molecule has 1 aromatic rings. The fourth-order valence-corrected chi connectivity index (χ4v) is 5.00. The molecule has 106 valence electrons. The fourth-order valence-electron chi connectivity index (χ4n) is 1.86. The van der Waals surface area contributed by atoms with Crippen LogP contribution in [0.25, 0.3) is 0 Å². The summed E-state index contributed by atoms with van der Waals surface area (Å²) in [6.45, 7) is 0. The second-order valence-electron chi connectivity index (χ2n) is 4.22. The van der Waals surface area contributed by atoms with E-state index in [-0.39, 0.29) is 22.9 Å². The third kappa shape index (κ3) is 2.80. The summed E-state index contributed by atoms with van der Waals surface area (Å²) in [6.07, 6.45) is 0.206. The van der Waals surface area contributed by atoms with Gasteiger partial charge in [-0.2, -0.15) is 9.57 Å². The lowest BCUT2D eigenvalue weighted by molar-refractivity contribution is -0.140. The first-order valence-corrected chi connectivity index (χ1v) is 8.34. The van der Waals surface area contributed by atoms with Gasteiger partial charge in [-0.05, 0) is 17.7 Å². The van der Waals surface area contributed by atoms with Gasteiger partial charge >= 0.3 is 5.97 Å². The van der Waals surface area contributed by atoms with Crippen LogP contribution in [0.5, 0.6) is 0 Å². The molecule has 1 atom stereocenters. The quantitative estimate of drug-likeness (QED) is 0.887. The van der Waals surface area contributed by atoms with Crippen LogP contribution in [0.15, 0.2) is 29.2 Å². The number of carbonyl (C=O) groups is 1. The predicted molar refractivity (Wildman–Crippen MR) is 73.5 cm³/mol. The Morgan fingerprint density at radius 2 is 2.10 bits per heavy atom. The molecule has 20 heavy (non-hydrogen) atoms. The van der Waals surface area contributed by atoms with Gasteiger partial charge in [0.25, 0.3) is 0 Å². The highest BCUT2D eigenvalue weighted by molar-refractivity contribution is 8.00. The van der Waals surface area contributed by atoms with Crippen molar-refractivity contribution >= 4 is 27.8 Å². The number of hydrogen-bond donors (Lipinski definition) is 1. The van der Waals surface area contributed by atoms with Gasteiger partial charge in [0, 0.05) is 5.75 Å². The molecule has 0 unspecified atom stereocenters. The van der Waals surface area contributed by atoms with Gasteiger partial charge in [-0.1, -0.05) is 12.1 Å². The average molecular weight is 312 g/mol. The minimum atomic E-state index is -3.82. The van der Waals surface area contributed by atoms with E-state index in [2.05, 4.69) is 0 Å². The number of rotatable bonds is 4. The molecular formula is C12H12N2O4S2. The van der Waals surface area contributed by atoms with Gasteiger partial charge in [0.1, 0.15) is 6.04 Å². The zero-order chi connectivity index (χ0) is 14.8. The first-order valence-electron chi connectivity index (χ1n) is 5.75. The van der Waals surface area contributed by atoms with Crippen molar-refractivity contribution < 1.29 is 18.3 Å². The van der Waals surface area contributed by atoms with Crippen molar-refractivity contribution in [1.29, 1.82) is 5.26 Å². The van der Waals surface area contributed by atoms with Gasteiger partial charge < -0.3 is 5.11 Å². The Balaban J connectivity index is 2.30. The Hall–Kier alpha value is -1.56. The summed E-state index contributed by atoms with van der Waals surface area (Å²) in [7, 11) is -3.82. The molecule has 0 aliphatic carbocycles. The van der Waals surface area contributed by atoms with Crippen molar-refractivity contribution in [3.05, 3.63) is 29.8 Å². The molecular weight excluding hydrogens is 300 g/mol. The van der Waals surface area contributed by atoms with Gasteiger partial charge in [0.05, 0.1) is 23.3 Å². The summed E-state index contributed by atoms with van der Waals surface area (Å²) in [5, 5.41) is 17.6. The summed E-state index contributed by atoms with van der Waals surface area (Å²) in [5.74, 6) is -0.750. The van der Waals surface area contributed by atoms with Crippen molar-refractivity contribution in [2.45, 2.75) is 17.4 Å². The largest absolute Gasteiger partial charge is 0.480 e. The monoisotopic (exact) mass is 312 g/mol. The number of nitriles is 1. The molecule has 0 spiro atoms. The maximum atomic E-state index is 12.4. The lowest BCUT2D eigenvalue weighted by Crippen LogP contribution is -2.41. The van der Waals surface area contributed by atoms with Crippen molar-refractivity contribution in [2.24, 2.45) is 0 Å². The summed E-state index contributed by atoms with van der Waals surface area (Å²) in [5.41, 5.74) is 0.719. The average Bonchev–Trinajstić information content (AvgIpc) is 2.90. The van der Waals surface area contributed by atoms with E-state index >= 15 is 0 Å². The number of nitrogens with zero attached hydrogens (tertiary/aromatic N) is 2. The van der Waals surface area contributed by atoms with Crippen LogP contribution in [0.3, 0.4) is 0 Å². The SMILES string of the molecule is N#CCc1ccc(S(=O)(=O)N2CSC[C@H]2C(=O)O)cc1. The van der Waals surface area contributed by atoms with Crippen LogP contribution in [0.4, 0.5) is 0 Å². The summed E-state index contributed by atoms with van der Waals surface area (Å²) < 4.78 is 25.8. The fraction of sp³-hybridized carbons (Fsp3) is 0.333. The Morgan fingerprint density at radius 1 is 1.45 bits per heavy atom. The van der Waals surface area contributed by atoms with Gasteiger partial charge in [0.2, 0.25) is 10.0 Å². The zero-order valence-corrected chi connectivity index (χ0v) is 12.0. The molecule has 1 aliphatic heterocycles. The van der Waals surface area contributed by atoms with Crippen LogP contribution in [0.2, 0.25) is 0 Å². The Bertz CT molecular complexity index is 649. The molecule has 1 N–H and O–H groups in total. The van der Waals surface area contributed by atoms with Crippen LogP contribution >= 0.6 is 11.8 Å². The third-order valence-electron chi connectivity index (χ3n) is 2.94. The molecule has 0 radical (unpaired) electrons. The molecule has 0 amide bonds. The molecule has 1 saturated heterocycles. The van der Waals surface area contributed by atoms with Crippen molar-refractivity contribution in [1.82, 2.24) is 4.31 Å². The number of carboxylic acid groups (broad SMARTS) is 1. The van der Waals surface area contributed by atoms with Crippen LogP contribution in [0, 0.1) is 11.3 Å². The third-order valence-corrected chi connectivity index (χ3v) is 5.98. The maximum absolute atomic E-state index is 12.4. The van der Waals surface area contributed by atoms with E-state index in [0.29, 0.717) is 0 Å². The predicted octanol–water partition coefficient (Wildman–Crippen LogP) is 0.901. The molecule has 1 aromatic carbocycles. The number of carboxylic acids is 1. The zero-order valence-electron chi connectivity index (χ0n) is 10.4. The smallest absolute Gasteiger partial charge is 0.322 e. The second-order valence-corrected chi connectivity index (χ2v) is 7.12. The number of benzene rings is 1. The van der Waals surface area contributed by atoms with Gasteiger partial charge in [0.15, 0.2) is 0 Å². The number of hydrogen-bond acceptors (Lipinski definition) is 5. The van der Waals surface area contributed by atoms with Crippen LogP contribution in [-0.2, 0) is 21.2 Å². The molecule has 6 nitrogen and oxygen atoms in total. The summed E-state index contributed by atoms with van der Waals surface area (Å²) in [6, 6.07) is 6.90. The molecule has 1 fully saturated rings. The standard InChI is InChI=1S/C12H12N2O4S2/c13-6-5-9-1-3-10(4-2-9)20(17,18)14-8-19-7-11(14)12(15)16/h1-4,11H,5,7-8H2,(H,15,16)/t11-/m0/s1. The van der Waals surface area contributed by atoms with Crippen LogP contribution < -0.4 is 0 Å². The first kappa shape index (κ1) is 14.8. The highest BCUT2D eigenvalue weighted by Gasteiger charge is 2.39. The maximum Gasteiger partial charge on any atom is 0.322 e. The molecule has 0 bridgehead atoms. The first-order chi connectivity index (χ1) is 9.46. The molecule has 1 aliphatic rings. The summed E-state index contributed by atoms with van der Waals surface area (Å²) in [4.78, 5) is 11.1. The van der Waals surface area contributed by atoms with Crippen molar-refractivity contribution in [3.63, 3.8) is 0 Å². The van der Waals surface area contributed by atoms with E-state index in [1.807, 2.05) is 6.07 Å². The van der Waals surface area contributed by atoms with Gasteiger partial charge in [-0.3, -0.25) is 4.79 Å². The Morgan fingerprint density at radius 3 is 2.65 bits per heavy atom.